The lowest BCUT2D eigenvalue weighted by Crippen LogP contribution is -2.69. The van der Waals surface area contributed by atoms with Crippen LogP contribution in [0, 0.1) is 0 Å². The average molecular weight is 360 g/mol. The summed E-state index contributed by atoms with van der Waals surface area (Å²) in [6, 6.07) is 14.1. The van der Waals surface area contributed by atoms with Gasteiger partial charge >= 0.3 is 0 Å². The number of para-hydroxylation sites is 1. The Labute approximate surface area is 157 Å². The molecule has 7 nitrogen and oxygen atoms in total. The van der Waals surface area contributed by atoms with Gasteiger partial charge in [-0.1, -0.05) is 12.1 Å². The van der Waals surface area contributed by atoms with Gasteiger partial charge in [0.15, 0.2) is 5.82 Å². The minimum atomic E-state index is 0.188. The van der Waals surface area contributed by atoms with Gasteiger partial charge in [-0.2, -0.15) is 0 Å². The third-order valence-electron chi connectivity index (χ3n) is 5.48. The third-order valence-corrected chi connectivity index (χ3v) is 5.48. The molecule has 5 heterocycles. The molecule has 27 heavy (non-hydrogen) atoms. The summed E-state index contributed by atoms with van der Waals surface area (Å²) >= 11 is 0. The second-order valence-electron chi connectivity index (χ2n) is 7.08. The Morgan fingerprint density at radius 1 is 1.00 bits per heavy atom. The fourth-order valence-electron chi connectivity index (χ4n) is 4.21. The van der Waals surface area contributed by atoms with Crippen molar-refractivity contribution in [2.45, 2.75) is 18.5 Å². The van der Waals surface area contributed by atoms with E-state index in [1.807, 2.05) is 30.6 Å². The highest BCUT2D eigenvalue weighted by atomic mass is 16.3. The number of aromatic nitrogens is 3. The molecule has 2 aromatic heterocycles. The number of nitrogens with two attached hydrogens (primary N) is 1. The summed E-state index contributed by atoms with van der Waals surface area (Å²) in [5, 5.41) is 18.4. The fraction of sp³-hybridized carbons (Fsp3) is 0.250. The van der Waals surface area contributed by atoms with Crippen LogP contribution in [-0.4, -0.2) is 45.5 Å². The highest BCUT2D eigenvalue weighted by Crippen LogP contribution is 2.40. The first-order chi connectivity index (χ1) is 13.2. The molecule has 6 rings (SSSR count). The zero-order valence-corrected chi connectivity index (χ0v) is 14.7. The zero-order valence-electron chi connectivity index (χ0n) is 14.7. The highest BCUT2D eigenvalue weighted by Gasteiger charge is 2.45. The van der Waals surface area contributed by atoms with Gasteiger partial charge in [0.05, 0.1) is 11.4 Å². The SMILES string of the molecule is Nc1nnc(-c2ccccc2O)cc1N1CC2CC(C1)N2c1ccncc1. The van der Waals surface area contributed by atoms with E-state index in [9.17, 15) is 5.11 Å². The van der Waals surface area contributed by atoms with Gasteiger partial charge < -0.3 is 20.6 Å². The number of phenols is 1. The second kappa shape index (κ2) is 6.12. The van der Waals surface area contributed by atoms with Crippen LogP contribution in [0.15, 0.2) is 54.9 Å². The van der Waals surface area contributed by atoms with Crippen molar-refractivity contribution >= 4 is 17.2 Å². The number of piperazine rings is 1. The molecule has 3 aliphatic rings. The van der Waals surface area contributed by atoms with Gasteiger partial charge in [-0.15, -0.1) is 10.2 Å². The number of benzene rings is 1. The van der Waals surface area contributed by atoms with Gasteiger partial charge in [0.1, 0.15) is 5.75 Å². The molecular weight excluding hydrogens is 340 g/mol. The quantitative estimate of drug-likeness (QED) is 0.740. The number of fused-ring (bicyclic) bond motifs is 2. The minimum Gasteiger partial charge on any atom is -0.507 e. The summed E-state index contributed by atoms with van der Waals surface area (Å²) in [5.41, 5.74) is 9.53. The standard InChI is InChI=1S/C20H20N6O/c21-20-18(10-17(23-24-20)16-3-1-2-4-19(16)27)25-11-14-9-15(12-25)26(14)13-5-7-22-8-6-13/h1-8,10,14-15,27H,9,11-12H2,(H2,21,24). The van der Waals surface area contributed by atoms with Crippen LogP contribution in [0.4, 0.5) is 17.2 Å². The number of hydrogen-bond donors (Lipinski definition) is 2. The summed E-state index contributed by atoms with van der Waals surface area (Å²) < 4.78 is 0. The van der Waals surface area contributed by atoms with Crippen LogP contribution in [0.3, 0.4) is 0 Å². The first-order valence-corrected chi connectivity index (χ1v) is 9.05. The van der Waals surface area contributed by atoms with Crippen molar-refractivity contribution in [2.75, 3.05) is 28.6 Å². The van der Waals surface area contributed by atoms with Crippen molar-refractivity contribution in [1.82, 2.24) is 15.2 Å². The van der Waals surface area contributed by atoms with E-state index in [1.165, 1.54) is 12.1 Å². The second-order valence-corrected chi connectivity index (χ2v) is 7.08. The van der Waals surface area contributed by atoms with Crippen LogP contribution in [0.25, 0.3) is 11.3 Å². The molecule has 3 aromatic rings. The van der Waals surface area contributed by atoms with Crippen LogP contribution in [0.2, 0.25) is 0 Å². The van der Waals surface area contributed by atoms with Crippen LogP contribution < -0.4 is 15.5 Å². The lowest BCUT2D eigenvalue weighted by atomic mass is 9.86. The van der Waals surface area contributed by atoms with Crippen LogP contribution in [-0.2, 0) is 0 Å². The molecule has 3 N–H and O–H groups in total. The number of pyridine rings is 1. The molecule has 7 heteroatoms. The molecule has 2 bridgehead atoms. The summed E-state index contributed by atoms with van der Waals surface area (Å²) in [6.07, 6.45) is 4.86. The molecule has 0 saturated carbocycles. The fourth-order valence-corrected chi connectivity index (χ4v) is 4.21. The van der Waals surface area contributed by atoms with Gasteiger partial charge in [-0.3, -0.25) is 4.98 Å². The molecule has 3 saturated heterocycles. The Balaban J connectivity index is 1.42. The largest absolute Gasteiger partial charge is 0.507 e. The van der Waals surface area contributed by atoms with E-state index in [1.54, 1.807) is 12.1 Å². The summed E-state index contributed by atoms with van der Waals surface area (Å²) in [4.78, 5) is 8.86. The number of hydrogen-bond acceptors (Lipinski definition) is 7. The number of rotatable bonds is 3. The van der Waals surface area contributed by atoms with E-state index in [-0.39, 0.29) is 5.75 Å². The van der Waals surface area contributed by atoms with Crippen molar-refractivity contribution < 1.29 is 5.11 Å². The Hall–Kier alpha value is -3.35. The van der Waals surface area contributed by atoms with Crippen molar-refractivity contribution in [2.24, 2.45) is 0 Å². The summed E-state index contributed by atoms with van der Waals surface area (Å²) in [6.45, 7) is 1.77. The van der Waals surface area contributed by atoms with Gasteiger partial charge in [-0.25, -0.2) is 0 Å². The van der Waals surface area contributed by atoms with E-state index in [4.69, 9.17) is 5.73 Å². The third kappa shape index (κ3) is 2.63. The van der Waals surface area contributed by atoms with E-state index in [0.717, 1.165) is 18.8 Å². The molecular formula is C20H20N6O. The Morgan fingerprint density at radius 3 is 2.48 bits per heavy atom. The van der Waals surface area contributed by atoms with E-state index in [0.29, 0.717) is 29.2 Å². The van der Waals surface area contributed by atoms with Gasteiger partial charge in [0, 0.05) is 48.8 Å². The lowest BCUT2D eigenvalue weighted by Gasteiger charge is -2.58. The minimum absolute atomic E-state index is 0.188. The first-order valence-electron chi connectivity index (χ1n) is 9.05. The van der Waals surface area contributed by atoms with E-state index in [2.05, 4.69) is 37.1 Å². The molecule has 0 radical (unpaired) electrons. The molecule has 2 atom stereocenters. The number of anilines is 3. The predicted octanol–water partition coefficient (Wildman–Crippen LogP) is 2.29. The molecule has 3 aliphatic heterocycles. The molecule has 0 aliphatic carbocycles. The average Bonchev–Trinajstić information content (AvgIpc) is 2.70. The van der Waals surface area contributed by atoms with Crippen LogP contribution >= 0.6 is 0 Å². The molecule has 2 unspecified atom stereocenters. The summed E-state index contributed by atoms with van der Waals surface area (Å²) in [5.74, 6) is 0.610. The van der Waals surface area contributed by atoms with Gasteiger partial charge in [-0.05, 0) is 36.8 Å². The smallest absolute Gasteiger partial charge is 0.169 e. The zero-order chi connectivity index (χ0) is 18.4. The lowest BCUT2D eigenvalue weighted by molar-refractivity contribution is 0.291. The van der Waals surface area contributed by atoms with E-state index < -0.39 is 0 Å². The van der Waals surface area contributed by atoms with Gasteiger partial charge in [0.25, 0.3) is 0 Å². The Bertz CT molecular complexity index is 967. The Kier molecular flexibility index (Phi) is 3.60. The van der Waals surface area contributed by atoms with Crippen molar-refractivity contribution in [1.29, 1.82) is 0 Å². The number of nitrogens with zero attached hydrogens (tertiary/aromatic N) is 5. The number of piperidine rings is 1. The molecule has 0 spiro atoms. The molecule has 3 fully saturated rings. The maximum Gasteiger partial charge on any atom is 0.169 e. The van der Waals surface area contributed by atoms with Crippen LogP contribution in [0.5, 0.6) is 5.75 Å². The first kappa shape index (κ1) is 15.9. The maximum absolute atomic E-state index is 10.1. The maximum atomic E-state index is 10.1. The Morgan fingerprint density at radius 2 is 1.74 bits per heavy atom. The van der Waals surface area contributed by atoms with Crippen molar-refractivity contribution in [3.63, 3.8) is 0 Å². The summed E-state index contributed by atoms with van der Waals surface area (Å²) in [7, 11) is 0. The van der Waals surface area contributed by atoms with Crippen molar-refractivity contribution in [3.8, 4) is 17.0 Å². The highest BCUT2D eigenvalue weighted by molar-refractivity contribution is 5.74. The number of nitrogen functional groups attached to an aromatic ring is 1. The van der Waals surface area contributed by atoms with Crippen LogP contribution in [0.1, 0.15) is 6.42 Å². The number of aromatic hydroxyl groups is 1. The van der Waals surface area contributed by atoms with Gasteiger partial charge in [0.2, 0.25) is 0 Å². The molecule has 0 amide bonds. The topological polar surface area (TPSA) is 91.4 Å². The predicted molar refractivity (Wildman–Crippen MR) is 105 cm³/mol. The van der Waals surface area contributed by atoms with E-state index >= 15 is 0 Å². The normalized spacial score (nSPS) is 21.0. The molecule has 136 valence electrons. The number of phenolic OH excluding ortho intramolecular Hbond substituents is 1. The molecule has 1 aromatic carbocycles. The van der Waals surface area contributed by atoms with Crippen molar-refractivity contribution in [3.05, 3.63) is 54.9 Å². The monoisotopic (exact) mass is 360 g/mol.